The second-order valence-corrected chi connectivity index (χ2v) is 10.0. The Morgan fingerprint density at radius 3 is 2.24 bits per heavy atom. The number of benzene rings is 1. The maximum atomic E-state index is 12.8. The molecule has 0 radical (unpaired) electrons. The molecular formula is C22H37N3O3S. The molecule has 0 bridgehead atoms. The second kappa shape index (κ2) is 11.1. The molecule has 7 heteroatoms. The number of carbonyl (C=O) groups excluding carboxylic acids is 1. The Kier molecular flexibility index (Phi) is 9.11. The van der Waals surface area contributed by atoms with E-state index in [9.17, 15) is 13.2 Å². The van der Waals surface area contributed by atoms with Crippen LogP contribution < -0.4 is 4.72 Å². The fourth-order valence-electron chi connectivity index (χ4n) is 3.29. The first-order valence-corrected chi connectivity index (χ1v) is 12.3. The van der Waals surface area contributed by atoms with Gasteiger partial charge in [-0.3, -0.25) is 4.79 Å². The monoisotopic (exact) mass is 423 g/mol. The third-order valence-electron chi connectivity index (χ3n) is 5.28. The van der Waals surface area contributed by atoms with Crippen LogP contribution in [0.2, 0.25) is 0 Å². The molecule has 164 valence electrons. The third kappa shape index (κ3) is 8.07. The minimum atomic E-state index is -3.42. The molecule has 1 aromatic carbocycles. The predicted molar refractivity (Wildman–Crippen MR) is 117 cm³/mol. The van der Waals surface area contributed by atoms with Gasteiger partial charge in [0, 0.05) is 32.1 Å². The van der Waals surface area contributed by atoms with Crippen LogP contribution in [0.4, 0.5) is 0 Å². The molecule has 1 fully saturated rings. The molecule has 1 aliphatic rings. The molecule has 29 heavy (non-hydrogen) atoms. The van der Waals surface area contributed by atoms with Gasteiger partial charge in [-0.05, 0) is 56.0 Å². The highest BCUT2D eigenvalue weighted by Gasteiger charge is 2.27. The van der Waals surface area contributed by atoms with E-state index in [0.717, 1.165) is 51.1 Å². The molecule has 0 aliphatic heterocycles. The van der Waals surface area contributed by atoms with Gasteiger partial charge < -0.3 is 9.80 Å². The second-order valence-electron chi connectivity index (χ2n) is 8.30. The number of sulfonamides is 1. The van der Waals surface area contributed by atoms with Crippen LogP contribution in [0.1, 0.15) is 52.5 Å². The van der Waals surface area contributed by atoms with E-state index >= 15 is 0 Å². The molecule has 1 amide bonds. The number of aryl methyl sites for hydroxylation is 1. The van der Waals surface area contributed by atoms with Crippen molar-refractivity contribution in [2.24, 2.45) is 5.92 Å². The molecule has 0 aromatic heterocycles. The van der Waals surface area contributed by atoms with E-state index in [-0.39, 0.29) is 11.9 Å². The van der Waals surface area contributed by atoms with Crippen LogP contribution in [0.3, 0.4) is 0 Å². The number of rotatable bonds is 13. The summed E-state index contributed by atoms with van der Waals surface area (Å²) in [6.45, 7) is 12.9. The van der Waals surface area contributed by atoms with Crippen molar-refractivity contribution in [3.63, 3.8) is 0 Å². The van der Waals surface area contributed by atoms with E-state index in [4.69, 9.17) is 0 Å². The summed E-state index contributed by atoms with van der Waals surface area (Å²) in [4.78, 5) is 17.4. The van der Waals surface area contributed by atoms with Gasteiger partial charge in [-0.15, -0.1) is 0 Å². The Labute approximate surface area is 176 Å². The molecule has 0 atom stereocenters. The minimum absolute atomic E-state index is 0.0978. The topological polar surface area (TPSA) is 69.7 Å². The summed E-state index contributed by atoms with van der Waals surface area (Å²) in [5.74, 6) is 0.595. The largest absolute Gasteiger partial charge is 0.341 e. The zero-order valence-electron chi connectivity index (χ0n) is 18.4. The summed E-state index contributed by atoms with van der Waals surface area (Å²) in [5.41, 5.74) is 0.983. The first-order valence-electron chi connectivity index (χ1n) is 10.9. The first kappa shape index (κ1) is 23.8. The molecule has 1 aliphatic carbocycles. The van der Waals surface area contributed by atoms with Crippen LogP contribution in [0.15, 0.2) is 29.2 Å². The Bertz CT molecular complexity index is 739. The number of nitrogens with one attached hydrogen (secondary N) is 1. The standard InChI is InChI=1S/C22H37N3O3S/c1-5-24(6-2)15-16-25(17-18(3)4)22(26)14-9-19-7-12-21(13-8-19)29(27,28)23-20-10-11-20/h7-8,12-13,18,20,23H,5-6,9-11,14-17H2,1-4H3. The van der Waals surface area contributed by atoms with E-state index in [1.807, 2.05) is 17.0 Å². The maximum absolute atomic E-state index is 12.8. The van der Waals surface area contributed by atoms with Gasteiger partial charge in [0.25, 0.3) is 0 Å². The van der Waals surface area contributed by atoms with E-state index < -0.39 is 10.0 Å². The molecular weight excluding hydrogens is 386 g/mol. The normalized spacial score (nSPS) is 14.6. The fourth-order valence-corrected chi connectivity index (χ4v) is 4.60. The van der Waals surface area contributed by atoms with E-state index in [1.54, 1.807) is 12.1 Å². The quantitative estimate of drug-likeness (QED) is 0.530. The van der Waals surface area contributed by atoms with Gasteiger partial charge in [0.05, 0.1) is 4.90 Å². The Balaban J connectivity index is 1.90. The summed E-state index contributed by atoms with van der Waals surface area (Å²) < 4.78 is 27.2. The number of nitrogens with zero attached hydrogens (tertiary/aromatic N) is 2. The number of amides is 1. The predicted octanol–water partition coefficient (Wildman–Crippen LogP) is 2.89. The van der Waals surface area contributed by atoms with Crippen LogP contribution in [0.25, 0.3) is 0 Å². The maximum Gasteiger partial charge on any atom is 0.240 e. The molecule has 0 unspecified atom stereocenters. The van der Waals surface area contributed by atoms with Crippen molar-refractivity contribution < 1.29 is 13.2 Å². The lowest BCUT2D eigenvalue weighted by molar-refractivity contribution is -0.131. The molecule has 0 saturated heterocycles. The molecule has 1 aromatic rings. The van der Waals surface area contributed by atoms with Gasteiger partial charge in [-0.2, -0.15) is 0 Å². The number of carbonyl (C=O) groups is 1. The smallest absolute Gasteiger partial charge is 0.240 e. The molecule has 0 heterocycles. The Morgan fingerprint density at radius 2 is 1.72 bits per heavy atom. The number of hydrogen-bond donors (Lipinski definition) is 1. The summed E-state index contributed by atoms with van der Waals surface area (Å²) in [7, 11) is -3.42. The van der Waals surface area contributed by atoms with Gasteiger partial charge in [0.2, 0.25) is 15.9 Å². The van der Waals surface area contributed by atoms with Crippen LogP contribution >= 0.6 is 0 Å². The van der Waals surface area contributed by atoms with Crippen molar-refractivity contribution >= 4 is 15.9 Å². The number of hydrogen-bond acceptors (Lipinski definition) is 4. The lowest BCUT2D eigenvalue weighted by Gasteiger charge is -2.28. The summed E-state index contributed by atoms with van der Waals surface area (Å²) in [6.07, 6.45) is 2.90. The minimum Gasteiger partial charge on any atom is -0.341 e. The summed E-state index contributed by atoms with van der Waals surface area (Å²) >= 11 is 0. The average molecular weight is 424 g/mol. The van der Waals surface area contributed by atoms with E-state index in [0.29, 0.717) is 23.7 Å². The van der Waals surface area contributed by atoms with Gasteiger partial charge >= 0.3 is 0 Å². The highest BCUT2D eigenvalue weighted by atomic mass is 32.2. The van der Waals surface area contributed by atoms with Crippen molar-refractivity contribution in [2.45, 2.75) is 64.3 Å². The van der Waals surface area contributed by atoms with Crippen molar-refractivity contribution in [1.82, 2.24) is 14.5 Å². The first-order chi connectivity index (χ1) is 13.7. The van der Waals surface area contributed by atoms with Gasteiger partial charge in [-0.1, -0.05) is 39.8 Å². The molecule has 6 nitrogen and oxygen atoms in total. The van der Waals surface area contributed by atoms with Crippen molar-refractivity contribution in [2.75, 3.05) is 32.7 Å². The average Bonchev–Trinajstić information content (AvgIpc) is 3.49. The lowest BCUT2D eigenvalue weighted by Crippen LogP contribution is -2.40. The van der Waals surface area contributed by atoms with E-state index in [2.05, 4.69) is 37.3 Å². The van der Waals surface area contributed by atoms with Crippen molar-refractivity contribution in [3.8, 4) is 0 Å². The lowest BCUT2D eigenvalue weighted by atomic mass is 10.1. The molecule has 2 rings (SSSR count). The fraction of sp³-hybridized carbons (Fsp3) is 0.682. The van der Waals surface area contributed by atoms with Crippen LogP contribution in [0.5, 0.6) is 0 Å². The highest BCUT2D eigenvalue weighted by molar-refractivity contribution is 7.89. The van der Waals surface area contributed by atoms with Gasteiger partial charge in [0.1, 0.15) is 0 Å². The molecule has 0 spiro atoms. The summed E-state index contributed by atoms with van der Waals surface area (Å²) in [5, 5.41) is 0. The Hall–Kier alpha value is -1.44. The molecule has 1 N–H and O–H groups in total. The number of likely N-dealkylation sites (N-methyl/N-ethyl adjacent to an activating group) is 1. The van der Waals surface area contributed by atoms with Crippen molar-refractivity contribution in [1.29, 1.82) is 0 Å². The third-order valence-corrected chi connectivity index (χ3v) is 6.82. The van der Waals surface area contributed by atoms with Crippen LogP contribution in [-0.4, -0.2) is 62.9 Å². The molecule has 1 saturated carbocycles. The Morgan fingerprint density at radius 1 is 1.10 bits per heavy atom. The zero-order valence-corrected chi connectivity index (χ0v) is 19.2. The van der Waals surface area contributed by atoms with Gasteiger partial charge in [0.15, 0.2) is 0 Å². The van der Waals surface area contributed by atoms with Crippen LogP contribution in [0, 0.1) is 5.92 Å². The van der Waals surface area contributed by atoms with E-state index in [1.165, 1.54) is 0 Å². The zero-order chi connectivity index (χ0) is 21.4. The summed E-state index contributed by atoms with van der Waals surface area (Å²) in [6, 6.07) is 7.00. The highest BCUT2D eigenvalue weighted by Crippen LogP contribution is 2.22. The van der Waals surface area contributed by atoms with Crippen LogP contribution in [-0.2, 0) is 21.2 Å². The van der Waals surface area contributed by atoms with Gasteiger partial charge in [-0.25, -0.2) is 13.1 Å². The SMILES string of the molecule is CCN(CC)CCN(CC(C)C)C(=O)CCc1ccc(S(=O)(=O)NC2CC2)cc1. The van der Waals surface area contributed by atoms with Crippen molar-refractivity contribution in [3.05, 3.63) is 29.8 Å².